The summed E-state index contributed by atoms with van der Waals surface area (Å²) >= 11 is 0. The summed E-state index contributed by atoms with van der Waals surface area (Å²) in [4.78, 5) is 47.5. The van der Waals surface area contributed by atoms with Gasteiger partial charge in [-0.15, -0.1) is 0 Å². The maximum Gasteiger partial charge on any atom is 0.303 e. The lowest BCUT2D eigenvalue weighted by Crippen LogP contribution is -2.57. The van der Waals surface area contributed by atoms with Gasteiger partial charge in [-0.05, 0) is 0 Å². The lowest BCUT2D eigenvalue weighted by molar-refractivity contribution is -0.186. The first-order valence-corrected chi connectivity index (χ1v) is 8.28. The maximum atomic E-state index is 11.9. The van der Waals surface area contributed by atoms with Gasteiger partial charge in [0, 0.05) is 49.0 Å². The summed E-state index contributed by atoms with van der Waals surface area (Å²) in [6.07, 6.45) is -3.01. The van der Waals surface area contributed by atoms with Crippen LogP contribution < -0.4 is 0 Å². The molecule has 0 radical (unpaired) electrons. The topological polar surface area (TPSA) is 118 Å². The van der Waals surface area contributed by atoms with Gasteiger partial charge in [0.2, 0.25) is 5.91 Å². The van der Waals surface area contributed by atoms with Gasteiger partial charge in [0.05, 0.1) is 6.61 Å². The van der Waals surface area contributed by atoms with Crippen LogP contribution in [0.15, 0.2) is 0 Å². The molecule has 0 heterocycles. The van der Waals surface area contributed by atoms with E-state index in [2.05, 4.69) is 0 Å². The molecule has 0 aliphatic rings. The number of likely N-dealkylation sites (N-methyl/N-ethyl adjacent to an activating group) is 1. The van der Waals surface area contributed by atoms with Crippen molar-refractivity contribution in [3.05, 3.63) is 0 Å². The van der Waals surface area contributed by atoms with E-state index in [9.17, 15) is 19.2 Å². The molecule has 0 aliphatic carbocycles. The molecule has 27 heavy (non-hydrogen) atoms. The highest BCUT2D eigenvalue weighted by atomic mass is 16.6. The van der Waals surface area contributed by atoms with E-state index in [1.165, 1.54) is 53.9 Å². The minimum Gasteiger partial charge on any atom is -0.464 e. The van der Waals surface area contributed by atoms with Gasteiger partial charge in [-0.1, -0.05) is 0 Å². The lowest BCUT2D eigenvalue weighted by atomic mass is 9.99. The number of methoxy groups -OCH3 is 2. The van der Waals surface area contributed by atoms with E-state index in [0.717, 1.165) is 0 Å². The third kappa shape index (κ3) is 8.83. The molecule has 0 aromatic rings. The van der Waals surface area contributed by atoms with Crippen LogP contribution in [0.3, 0.4) is 0 Å². The fourth-order valence-corrected chi connectivity index (χ4v) is 2.49. The normalized spacial score (nSPS) is 15.1. The molecule has 0 saturated carbocycles. The Morgan fingerprint density at radius 3 is 1.74 bits per heavy atom. The summed E-state index contributed by atoms with van der Waals surface area (Å²) in [7, 11) is 4.21. The van der Waals surface area contributed by atoms with Crippen molar-refractivity contribution in [1.82, 2.24) is 4.90 Å². The van der Waals surface area contributed by atoms with Crippen molar-refractivity contribution in [2.24, 2.45) is 0 Å². The highest BCUT2D eigenvalue weighted by molar-refractivity contribution is 5.73. The van der Waals surface area contributed by atoms with Crippen molar-refractivity contribution in [1.29, 1.82) is 0 Å². The third-order valence-electron chi connectivity index (χ3n) is 3.74. The number of ether oxygens (including phenoxy) is 5. The van der Waals surface area contributed by atoms with Crippen molar-refractivity contribution in [2.75, 3.05) is 34.5 Å². The second-order valence-electron chi connectivity index (χ2n) is 5.88. The molecule has 0 aromatic heterocycles. The predicted octanol–water partition coefficient (Wildman–Crippen LogP) is -0.0788. The average molecular weight is 391 g/mol. The second kappa shape index (κ2) is 12.2. The van der Waals surface area contributed by atoms with Gasteiger partial charge in [-0.25, -0.2) is 0 Å². The number of hydrogen-bond acceptors (Lipinski definition) is 9. The molecule has 156 valence electrons. The number of esters is 3. The first-order valence-electron chi connectivity index (χ1n) is 8.28. The number of carbonyl (C=O) groups is 4. The molecule has 0 aliphatic heterocycles. The Kier molecular flexibility index (Phi) is 11.2. The van der Waals surface area contributed by atoms with Crippen LogP contribution in [0, 0.1) is 0 Å². The summed E-state index contributed by atoms with van der Waals surface area (Å²) in [6.45, 7) is 4.64. The highest BCUT2D eigenvalue weighted by Crippen LogP contribution is 2.20. The fourth-order valence-electron chi connectivity index (χ4n) is 2.49. The zero-order chi connectivity index (χ0) is 21.1. The van der Waals surface area contributed by atoms with Crippen LogP contribution in [0.25, 0.3) is 0 Å². The van der Waals surface area contributed by atoms with E-state index in [4.69, 9.17) is 23.7 Å². The second-order valence-corrected chi connectivity index (χ2v) is 5.88. The predicted molar refractivity (Wildman–Crippen MR) is 92.6 cm³/mol. The molecule has 0 unspecified atom stereocenters. The SMILES string of the molecule is COC[C@@H](OC(C)=O)[C@@H](OC)[C@H](OC(C)=O)[C@H](COC(C)=O)N(C)C(C)=O. The summed E-state index contributed by atoms with van der Waals surface area (Å²) in [5.41, 5.74) is 0. The van der Waals surface area contributed by atoms with E-state index < -0.39 is 42.3 Å². The zero-order valence-corrected chi connectivity index (χ0v) is 16.8. The highest BCUT2D eigenvalue weighted by Gasteiger charge is 2.42. The number of amides is 1. The van der Waals surface area contributed by atoms with Crippen LogP contribution in [0.1, 0.15) is 27.7 Å². The van der Waals surface area contributed by atoms with Crippen LogP contribution in [0.5, 0.6) is 0 Å². The van der Waals surface area contributed by atoms with E-state index in [-0.39, 0.29) is 19.1 Å². The molecule has 0 aromatic carbocycles. The molecule has 0 bridgehead atoms. The lowest BCUT2D eigenvalue weighted by Gasteiger charge is -2.38. The van der Waals surface area contributed by atoms with Crippen LogP contribution in [0.4, 0.5) is 0 Å². The number of nitrogens with zero attached hydrogens (tertiary/aromatic N) is 1. The molecule has 0 N–H and O–H groups in total. The molecular weight excluding hydrogens is 362 g/mol. The van der Waals surface area contributed by atoms with Gasteiger partial charge in [0.25, 0.3) is 0 Å². The standard InChI is InChI=1S/C17H29NO9/c1-10(19)18(5)14(8-25-11(2)20)16(27-13(4)22)17(24-7)15(9-23-6)26-12(3)21/h14-17H,8-9H2,1-7H3/t14-,15+,16+,17+/m0/s1. The maximum absolute atomic E-state index is 11.9. The Bertz CT molecular complexity index is 523. The van der Waals surface area contributed by atoms with Crippen LogP contribution in [-0.2, 0) is 42.9 Å². The zero-order valence-electron chi connectivity index (χ0n) is 16.8. The first-order chi connectivity index (χ1) is 12.5. The van der Waals surface area contributed by atoms with E-state index in [1.54, 1.807) is 0 Å². The Morgan fingerprint density at radius 1 is 0.815 bits per heavy atom. The molecule has 0 saturated heterocycles. The third-order valence-corrected chi connectivity index (χ3v) is 3.74. The Balaban J connectivity index is 5.96. The summed E-state index contributed by atoms with van der Waals surface area (Å²) in [5, 5.41) is 0. The Hall–Kier alpha value is -2.20. The summed E-state index contributed by atoms with van der Waals surface area (Å²) < 4.78 is 26.1. The van der Waals surface area contributed by atoms with E-state index >= 15 is 0 Å². The van der Waals surface area contributed by atoms with Gasteiger partial charge in [0.15, 0.2) is 12.2 Å². The molecule has 0 rings (SSSR count). The quantitative estimate of drug-likeness (QED) is 0.352. The molecule has 10 heteroatoms. The number of carbonyl (C=O) groups excluding carboxylic acids is 4. The van der Waals surface area contributed by atoms with E-state index in [0.29, 0.717) is 0 Å². The average Bonchev–Trinajstić information content (AvgIpc) is 2.53. The number of rotatable bonds is 11. The largest absolute Gasteiger partial charge is 0.464 e. The minimum absolute atomic E-state index is 0.0417. The van der Waals surface area contributed by atoms with Gasteiger partial charge in [0.1, 0.15) is 18.8 Å². The van der Waals surface area contributed by atoms with Crippen molar-refractivity contribution in [3.63, 3.8) is 0 Å². The van der Waals surface area contributed by atoms with E-state index in [1.807, 2.05) is 0 Å². The van der Waals surface area contributed by atoms with Crippen LogP contribution in [0.2, 0.25) is 0 Å². The monoisotopic (exact) mass is 391 g/mol. The summed E-state index contributed by atoms with van der Waals surface area (Å²) in [6, 6.07) is -0.879. The molecule has 4 atom stereocenters. The van der Waals surface area contributed by atoms with Gasteiger partial charge < -0.3 is 28.6 Å². The fraction of sp³-hybridized carbons (Fsp3) is 0.765. The van der Waals surface area contributed by atoms with Gasteiger partial charge in [-0.2, -0.15) is 0 Å². The van der Waals surface area contributed by atoms with Gasteiger partial charge in [-0.3, -0.25) is 19.2 Å². The number of hydrogen-bond donors (Lipinski definition) is 0. The van der Waals surface area contributed by atoms with Crippen molar-refractivity contribution < 1.29 is 42.9 Å². The molecule has 0 spiro atoms. The minimum atomic E-state index is -1.10. The van der Waals surface area contributed by atoms with Crippen molar-refractivity contribution in [3.8, 4) is 0 Å². The van der Waals surface area contributed by atoms with Crippen LogP contribution in [-0.4, -0.2) is 87.5 Å². The summed E-state index contributed by atoms with van der Waals surface area (Å²) in [5.74, 6) is -2.15. The van der Waals surface area contributed by atoms with Crippen LogP contribution >= 0.6 is 0 Å². The van der Waals surface area contributed by atoms with Crippen molar-refractivity contribution >= 4 is 23.8 Å². The Labute approximate surface area is 159 Å². The van der Waals surface area contributed by atoms with Gasteiger partial charge >= 0.3 is 17.9 Å². The molecule has 1 amide bonds. The Morgan fingerprint density at radius 2 is 1.37 bits per heavy atom. The molecule has 0 fully saturated rings. The van der Waals surface area contributed by atoms with Crippen molar-refractivity contribution in [2.45, 2.75) is 52.0 Å². The molecule has 10 nitrogen and oxygen atoms in total. The smallest absolute Gasteiger partial charge is 0.303 e. The molecular formula is C17H29NO9. The first kappa shape index (κ1) is 24.8.